The third kappa shape index (κ3) is 14.7. The Morgan fingerprint density at radius 1 is 0.576 bits per heavy atom. The van der Waals surface area contributed by atoms with Gasteiger partial charge in [-0.15, -0.1) is 47.8 Å². The minimum atomic E-state index is 0. The second kappa shape index (κ2) is 22.4. The molecule has 0 fully saturated rings. The van der Waals surface area contributed by atoms with Gasteiger partial charge in [0.05, 0.1) is 11.0 Å². The van der Waals surface area contributed by atoms with Crippen LogP contribution in [-0.2, 0) is 43.2 Å². The molecule has 0 atom stereocenters. The first-order valence-corrected chi connectivity index (χ1v) is 20.5. The van der Waals surface area contributed by atoms with Gasteiger partial charge in [0.2, 0.25) is 0 Å². The molecule has 0 saturated carbocycles. The molecule has 0 aliphatic heterocycles. The van der Waals surface area contributed by atoms with Crippen LogP contribution in [0.15, 0.2) is 140 Å². The summed E-state index contributed by atoms with van der Waals surface area (Å²) in [5, 5.41) is 5.23. The molecule has 59 heavy (non-hydrogen) atoms. The zero-order chi connectivity index (χ0) is 42.5. The second-order valence-electron chi connectivity index (χ2n) is 17.2. The van der Waals surface area contributed by atoms with Crippen LogP contribution in [0.25, 0.3) is 27.7 Å². The summed E-state index contributed by atoms with van der Waals surface area (Å²) in [6, 6.07) is 47.4. The predicted octanol–water partition coefficient (Wildman–Crippen LogP) is 16.0. The number of aromatic nitrogens is 2. The van der Waals surface area contributed by atoms with Gasteiger partial charge >= 0.3 is 25.8 Å². The van der Waals surface area contributed by atoms with E-state index in [-0.39, 0.29) is 36.7 Å². The van der Waals surface area contributed by atoms with Crippen molar-refractivity contribution in [3.63, 3.8) is 0 Å². The summed E-state index contributed by atoms with van der Waals surface area (Å²) in [6.07, 6.45) is 2.26. The van der Waals surface area contributed by atoms with Crippen molar-refractivity contribution < 1.29 is 25.8 Å². The molecule has 0 bridgehead atoms. The van der Waals surface area contributed by atoms with E-state index in [1.807, 2.05) is 91.0 Å². The maximum absolute atomic E-state index is 5.29. The molecule has 1 aromatic heterocycles. The van der Waals surface area contributed by atoms with Crippen LogP contribution in [0.4, 0.5) is 11.4 Å². The van der Waals surface area contributed by atoms with Gasteiger partial charge in [0.1, 0.15) is 5.82 Å². The number of imidazole rings is 1. The van der Waals surface area contributed by atoms with E-state index in [1.54, 1.807) is 0 Å². The topological polar surface area (TPSA) is 31.9 Å². The molecule has 0 aliphatic carbocycles. The van der Waals surface area contributed by atoms with E-state index in [0.29, 0.717) is 0 Å². The van der Waals surface area contributed by atoms with Gasteiger partial charge in [0.25, 0.3) is 0 Å². The molecule has 7 rings (SSSR count). The third-order valence-corrected chi connectivity index (χ3v) is 9.82. The summed E-state index contributed by atoms with van der Waals surface area (Å²) in [7, 11) is 0. The van der Waals surface area contributed by atoms with Gasteiger partial charge in [-0.3, -0.25) is 0 Å². The van der Waals surface area contributed by atoms with Crippen molar-refractivity contribution in [2.75, 3.05) is 0 Å². The maximum atomic E-state index is 5.29. The molecule has 6 aromatic carbocycles. The summed E-state index contributed by atoms with van der Waals surface area (Å²) in [6.45, 7) is 34.6. The molecule has 4 heteroatoms. The Bertz CT molecular complexity index is 2160. The van der Waals surface area contributed by atoms with E-state index >= 15 is 0 Å². The van der Waals surface area contributed by atoms with Gasteiger partial charge in [-0.2, -0.15) is 73.9 Å². The smallest absolute Gasteiger partial charge is 0.656 e. The minimum absolute atomic E-state index is 0. The summed E-state index contributed by atoms with van der Waals surface area (Å²) < 4.78 is 2.41. The van der Waals surface area contributed by atoms with Gasteiger partial charge in [-0.05, 0) is 66.3 Å². The Morgan fingerprint density at radius 2 is 1.02 bits per heavy atom. The molecule has 0 saturated heterocycles. The van der Waals surface area contributed by atoms with Crippen LogP contribution in [-0.4, -0.2) is 9.55 Å². The third-order valence-electron chi connectivity index (χ3n) is 9.82. The van der Waals surface area contributed by atoms with Crippen LogP contribution >= 0.6 is 0 Å². The maximum Gasteiger partial charge on any atom is 4.00 e. The van der Waals surface area contributed by atoms with Gasteiger partial charge < -0.3 is 9.88 Å². The average molecular weight is 947 g/mol. The van der Waals surface area contributed by atoms with Gasteiger partial charge in [-0.25, -0.2) is 4.98 Å². The number of aryl methyl sites for hydroxylation is 4. The van der Waals surface area contributed by atoms with Crippen molar-refractivity contribution >= 4 is 22.4 Å². The number of nitrogens with zero attached hydrogens (tertiary/aromatic N) is 3. The fourth-order valence-corrected chi connectivity index (χ4v) is 6.60. The van der Waals surface area contributed by atoms with Crippen LogP contribution in [0.5, 0.6) is 0 Å². The first kappa shape index (κ1) is 48.4. The SMILES string of the molecule is CCCCn1c(-c2c(C)cc(C)cc2C)nc2c([N-]c3cc(C(C)(C)C)cc(C(C)(C)C)c3)cccc21.[CH2-]c1ccccc1.[CH2-]c1ccccc1.[CH2-]c1ccccc1.[Hf+4]. The molecule has 0 aliphatic rings. The van der Waals surface area contributed by atoms with Crippen LogP contribution in [0.3, 0.4) is 0 Å². The summed E-state index contributed by atoms with van der Waals surface area (Å²) in [4.78, 5) is 5.29. The second-order valence-corrected chi connectivity index (χ2v) is 17.2. The zero-order valence-electron chi connectivity index (χ0n) is 37.4. The number of unbranched alkanes of at least 4 members (excludes halogenated alkanes) is 1. The monoisotopic (exact) mass is 947 g/mol. The molecule has 0 N–H and O–H groups in total. The van der Waals surface area contributed by atoms with E-state index < -0.39 is 0 Å². The Labute approximate surface area is 376 Å². The normalized spacial score (nSPS) is 10.8. The Balaban J connectivity index is 0.000000339. The number of rotatable bonds is 6. The summed E-state index contributed by atoms with van der Waals surface area (Å²) >= 11 is 0. The van der Waals surface area contributed by atoms with Gasteiger partial charge in [0, 0.05) is 12.1 Å². The fourth-order valence-electron chi connectivity index (χ4n) is 6.60. The van der Waals surface area contributed by atoms with Crippen molar-refractivity contribution in [1.82, 2.24) is 9.55 Å². The predicted molar refractivity (Wildman–Crippen MR) is 254 cm³/mol. The van der Waals surface area contributed by atoms with Crippen LogP contribution in [0, 0.1) is 41.5 Å². The number of para-hydroxylation sites is 1. The zero-order valence-corrected chi connectivity index (χ0v) is 41.0. The molecule has 0 radical (unpaired) electrons. The van der Waals surface area contributed by atoms with E-state index in [4.69, 9.17) is 10.3 Å². The van der Waals surface area contributed by atoms with E-state index in [9.17, 15) is 0 Å². The number of hydrogen-bond acceptors (Lipinski definition) is 1. The number of fused-ring (bicyclic) bond motifs is 1. The quantitative estimate of drug-likeness (QED) is 0.121. The van der Waals surface area contributed by atoms with Crippen molar-refractivity contribution in [1.29, 1.82) is 0 Å². The van der Waals surface area contributed by atoms with Crippen LogP contribution in [0.1, 0.15) is 106 Å². The first-order chi connectivity index (χ1) is 27.5. The molecule has 0 spiro atoms. The summed E-state index contributed by atoms with van der Waals surface area (Å²) in [5.41, 5.74) is 15.1. The molecular formula is C55H65HfN3. The number of hydrogen-bond donors (Lipinski definition) is 0. The van der Waals surface area contributed by atoms with Crippen molar-refractivity contribution in [2.45, 2.75) is 99.5 Å². The van der Waals surface area contributed by atoms with Gasteiger partial charge in [-0.1, -0.05) is 121 Å². The largest absolute Gasteiger partial charge is 4.00 e. The Morgan fingerprint density at radius 3 is 1.39 bits per heavy atom. The van der Waals surface area contributed by atoms with Gasteiger partial charge in [0.15, 0.2) is 0 Å². The van der Waals surface area contributed by atoms with E-state index in [1.165, 1.54) is 33.4 Å². The van der Waals surface area contributed by atoms with Crippen molar-refractivity contribution in [3.05, 3.63) is 210 Å². The fraction of sp³-hybridized carbons (Fsp3) is 0.273. The van der Waals surface area contributed by atoms with Crippen LogP contribution in [0.2, 0.25) is 0 Å². The van der Waals surface area contributed by atoms with Crippen molar-refractivity contribution in [2.24, 2.45) is 0 Å². The summed E-state index contributed by atoms with van der Waals surface area (Å²) in [5.74, 6) is 1.06. The van der Waals surface area contributed by atoms with Crippen molar-refractivity contribution in [3.8, 4) is 11.4 Å². The first-order valence-electron chi connectivity index (χ1n) is 20.5. The average Bonchev–Trinajstić information content (AvgIpc) is 3.53. The van der Waals surface area contributed by atoms with E-state index in [0.717, 1.165) is 64.3 Å². The number of benzene rings is 6. The molecule has 0 unspecified atom stereocenters. The Hall–Kier alpha value is -4.93. The standard InChI is InChI=1S/C34H44N3.3C7H7.Hf/c1-11-12-16-37-29-15-13-14-28(31(29)36-32(37)30-23(3)17-22(2)18-24(30)4)35-27-20-25(33(5,6)7)19-26(21-27)34(8,9)10;3*1-7-5-3-2-4-6-7;/h13-15,17-21H,11-12,16H2,1-10H3;3*2-6H,1H2;/q4*-1;+4. The molecule has 304 valence electrons. The van der Waals surface area contributed by atoms with E-state index in [2.05, 4.69) is 143 Å². The van der Waals surface area contributed by atoms with Crippen LogP contribution < -0.4 is 0 Å². The Kier molecular flexibility index (Phi) is 18.4. The minimum Gasteiger partial charge on any atom is -0.656 e. The molecule has 3 nitrogen and oxygen atoms in total. The molecular weight excluding hydrogens is 881 g/mol. The molecule has 0 amide bonds. The molecule has 1 heterocycles. The molecule has 7 aromatic rings.